The Hall–Kier alpha value is -1.69. The Labute approximate surface area is 160 Å². The highest BCUT2D eigenvalue weighted by Gasteiger charge is 2.18. The van der Waals surface area contributed by atoms with Gasteiger partial charge in [-0.2, -0.15) is 0 Å². The van der Waals surface area contributed by atoms with Crippen LogP contribution in [0.2, 0.25) is 10.0 Å². The van der Waals surface area contributed by atoms with Gasteiger partial charge in [-0.25, -0.2) is 0 Å². The van der Waals surface area contributed by atoms with E-state index in [1.807, 2.05) is 30.3 Å². The molecule has 0 spiro atoms. The van der Waals surface area contributed by atoms with E-state index in [1.165, 1.54) is 13.0 Å². The Balaban J connectivity index is 1.78. The molecule has 0 saturated heterocycles. The van der Waals surface area contributed by atoms with Crippen molar-refractivity contribution in [3.63, 3.8) is 0 Å². The van der Waals surface area contributed by atoms with Crippen LogP contribution in [0.5, 0.6) is 0 Å². The molecule has 4 nitrogen and oxygen atoms in total. The van der Waals surface area contributed by atoms with Gasteiger partial charge in [0.05, 0.1) is 17.1 Å². The molecule has 0 saturated carbocycles. The van der Waals surface area contributed by atoms with Crippen LogP contribution in [0.25, 0.3) is 0 Å². The lowest BCUT2D eigenvalue weighted by molar-refractivity contribution is -0.152. The maximum absolute atomic E-state index is 12.1. The zero-order valence-corrected chi connectivity index (χ0v) is 15.8. The van der Waals surface area contributed by atoms with Gasteiger partial charge in [0.15, 0.2) is 6.10 Å². The Kier molecular flexibility index (Phi) is 7.62. The number of amides is 1. The number of esters is 1. The molecular formula is C18H17Cl2NO3S. The Bertz CT molecular complexity index is 740. The summed E-state index contributed by atoms with van der Waals surface area (Å²) in [6.45, 7) is 1.51. The minimum Gasteiger partial charge on any atom is -0.453 e. The lowest BCUT2D eigenvalue weighted by Gasteiger charge is -2.14. The largest absolute Gasteiger partial charge is 0.453 e. The molecule has 132 valence electrons. The molecule has 0 heterocycles. The summed E-state index contributed by atoms with van der Waals surface area (Å²) in [6, 6.07) is 14.5. The SMILES string of the molecule is C[C@@H](OC(=O)CCSc1ccccc1)C(=O)Nc1cc(Cl)ccc1Cl. The fourth-order valence-corrected chi connectivity index (χ4v) is 3.10. The van der Waals surface area contributed by atoms with Crippen LogP contribution >= 0.6 is 35.0 Å². The normalized spacial score (nSPS) is 11.6. The van der Waals surface area contributed by atoms with Crippen LogP contribution in [0.3, 0.4) is 0 Å². The van der Waals surface area contributed by atoms with Crippen LogP contribution in [-0.4, -0.2) is 23.7 Å². The number of thioether (sulfide) groups is 1. The molecule has 0 unspecified atom stereocenters. The average Bonchev–Trinajstić information content (AvgIpc) is 2.59. The molecule has 2 aromatic carbocycles. The molecular weight excluding hydrogens is 381 g/mol. The lowest BCUT2D eigenvalue weighted by atomic mass is 10.3. The van der Waals surface area contributed by atoms with Gasteiger partial charge in [-0.1, -0.05) is 41.4 Å². The Morgan fingerprint density at radius 1 is 1.16 bits per heavy atom. The Morgan fingerprint density at radius 3 is 2.60 bits per heavy atom. The molecule has 2 aromatic rings. The molecule has 25 heavy (non-hydrogen) atoms. The number of carbonyl (C=O) groups is 2. The number of nitrogens with one attached hydrogen (secondary N) is 1. The zero-order valence-electron chi connectivity index (χ0n) is 13.5. The van der Waals surface area contributed by atoms with Gasteiger partial charge in [0.1, 0.15) is 0 Å². The van der Waals surface area contributed by atoms with Crippen molar-refractivity contribution < 1.29 is 14.3 Å². The predicted octanol–water partition coefficient (Wildman–Crippen LogP) is 5.05. The van der Waals surface area contributed by atoms with Crippen molar-refractivity contribution in [2.45, 2.75) is 24.3 Å². The van der Waals surface area contributed by atoms with E-state index in [-0.39, 0.29) is 6.42 Å². The molecule has 0 aliphatic carbocycles. The standard InChI is InChI=1S/C18H17Cl2NO3S/c1-12(18(23)21-16-11-13(19)7-8-15(16)20)24-17(22)9-10-25-14-5-3-2-4-6-14/h2-8,11-12H,9-10H2,1H3,(H,21,23)/t12-/m1/s1. The van der Waals surface area contributed by atoms with Crippen molar-refractivity contribution in [1.29, 1.82) is 0 Å². The highest BCUT2D eigenvalue weighted by Crippen LogP contribution is 2.25. The number of ether oxygens (including phenoxy) is 1. The summed E-state index contributed by atoms with van der Waals surface area (Å²) in [5.41, 5.74) is 0.377. The smallest absolute Gasteiger partial charge is 0.307 e. The monoisotopic (exact) mass is 397 g/mol. The molecule has 0 bridgehead atoms. The highest BCUT2D eigenvalue weighted by molar-refractivity contribution is 7.99. The quantitative estimate of drug-likeness (QED) is 0.524. The van der Waals surface area contributed by atoms with Crippen molar-refractivity contribution >= 4 is 52.5 Å². The minimum atomic E-state index is -0.927. The van der Waals surface area contributed by atoms with Gasteiger partial charge in [-0.05, 0) is 37.3 Å². The topological polar surface area (TPSA) is 55.4 Å². The van der Waals surface area contributed by atoms with E-state index in [0.29, 0.717) is 21.5 Å². The maximum atomic E-state index is 12.1. The first kappa shape index (κ1) is 19.6. The Morgan fingerprint density at radius 2 is 1.88 bits per heavy atom. The number of halogens is 2. The van der Waals surface area contributed by atoms with Crippen molar-refractivity contribution in [2.24, 2.45) is 0 Å². The van der Waals surface area contributed by atoms with Gasteiger partial charge >= 0.3 is 5.97 Å². The van der Waals surface area contributed by atoms with Crippen LogP contribution in [0, 0.1) is 0 Å². The second-order valence-corrected chi connectivity index (χ2v) is 7.17. The van der Waals surface area contributed by atoms with E-state index in [9.17, 15) is 9.59 Å². The van der Waals surface area contributed by atoms with Gasteiger partial charge in [-0.15, -0.1) is 11.8 Å². The number of hydrogen-bond acceptors (Lipinski definition) is 4. The van der Waals surface area contributed by atoms with Crippen molar-refractivity contribution in [3.05, 3.63) is 58.6 Å². The summed E-state index contributed by atoms with van der Waals surface area (Å²) in [4.78, 5) is 25.1. The molecule has 0 aliphatic heterocycles. The van der Waals surface area contributed by atoms with Gasteiger partial charge in [-0.3, -0.25) is 9.59 Å². The highest BCUT2D eigenvalue weighted by atomic mass is 35.5. The molecule has 0 radical (unpaired) electrons. The maximum Gasteiger partial charge on any atom is 0.307 e. The number of hydrogen-bond donors (Lipinski definition) is 1. The molecule has 1 atom stereocenters. The van der Waals surface area contributed by atoms with E-state index in [1.54, 1.807) is 23.9 Å². The first-order valence-electron chi connectivity index (χ1n) is 7.59. The van der Waals surface area contributed by atoms with Gasteiger partial charge < -0.3 is 10.1 Å². The van der Waals surface area contributed by atoms with Crippen LogP contribution < -0.4 is 5.32 Å². The molecule has 1 N–H and O–H groups in total. The van der Waals surface area contributed by atoms with Crippen LogP contribution in [-0.2, 0) is 14.3 Å². The molecule has 0 fully saturated rings. The summed E-state index contributed by atoms with van der Waals surface area (Å²) < 4.78 is 5.15. The van der Waals surface area contributed by atoms with E-state index in [2.05, 4.69) is 5.32 Å². The fraction of sp³-hybridized carbons (Fsp3) is 0.222. The molecule has 0 aromatic heterocycles. The molecule has 7 heteroatoms. The molecule has 0 aliphatic rings. The van der Waals surface area contributed by atoms with Crippen LogP contribution in [0.1, 0.15) is 13.3 Å². The first-order valence-corrected chi connectivity index (χ1v) is 9.33. The summed E-state index contributed by atoms with van der Waals surface area (Å²) in [7, 11) is 0. The summed E-state index contributed by atoms with van der Waals surface area (Å²) in [5, 5.41) is 3.40. The second-order valence-electron chi connectivity index (χ2n) is 5.16. The van der Waals surface area contributed by atoms with Gasteiger partial charge in [0, 0.05) is 15.7 Å². The lowest BCUT2D eigenvalue weighted by Crippen LogP contribution is -2.30. The minimum absolute atomic E-state index is 0.217. The number of carbonyl (C=O) groups excluding carboxylic acids is 2. The van der Waals surface area contributed by atoms with Crippen LogP contribution in [0.15, 0.2) is 53.4 Å². The fourth-order valence-electron chi connectivity index (χ4n) is 1.91. The van der Waals surface area contributed by atoms with Gasteiger partial charge in [0.2, 0.25) is 0 Å². The van der Waals surface area contributed by atoms with E-state index in [0.717, 1.165) is 4.90 Å². The van der Waals surface area contributed by atoms with Crippen molar-refractivity contribution in [2.75, 3.05) is 11.1 Å². The van der Waals surface area contributed by atoms with E-state index in [4.69, 9.17) is 27.9 Å². The summed E-state index contributed by atoms with van der Waals surface area (Å²) >= 11 is 13.4. The summed E-state index contributed by atoms with van der Waals surface area (Å²) in [6.07, 6.45) is -0.709. The average molecular weight is 398 g/mol. The zero-order chi connectivity index (χ0) is 18.2. The number of anilines is 1. The number of rotatable bonds is 7. The van der Waals surface area contributed by atoms with E-state index < -0.39 is 18.0 Å². The van der Waals surface area contributed by atoms with E-state index >= 15 is 0 Å². The molecule has 2 rings (SSSR count). The third-order valence-corrected chi connectivity index (χ3v) is 4.76. The van der Waals surface area contributed by atoms with Gasteiger partial charge in [0.25, 0.3) is 5.91 Å². The van der Waals surface area contributed by atoms with Crippen molar-refractivity contribution in [3.8, 4) is 0 Å². The number of benzene rings is 2. The first-order chi connectivity index (χ1) is 12.0. The summed E-state index contributed by atoms with van der Waals surface area (Å²) in [5.74, 6) is -0.311. The van der Waals surface area contributed by atoms with Crippen molar-refractivity contribution in [1.82, 2.24) is 0 Å². The van der Waals surface area contributed by atoms with Crippen LogP contribution in [0.4, 0.5) is 5.69 Å². The second kappa shape index (κ2) is 9.70. The molecule has 1 amide bonds. The third-order valence-electron chi connectivity index (χ3n) is 3.18. The third kappa shape index (κ3) is 6.61. The predicted molar refractivity (Wildman–Crippen MR) is 102 cm³/mol.